The van der Waals surface area contributed by atoms with Crippen LogP contribution in [0, 0.1) is 11.6 Å². The molecule has 0 fully saturated rings. The molecule has 2 rings (SSSR count). The van der Waals surface area contributed by atoms with E-state index in [1.807, 2.05) is 0 Å². The van der Waals surface area contributed by atoms with Crippen LogP contribution in [0.15, 0.2) is 22.1 Å². The summed E-state index contributed by atoms with van der Waals surface area (Å²) in [5.41, 5.74) is 0.336. The molecule has 1 N–H and O–H groups in total. The Morgan fingerprint density at radius 3 is 2.81 bits per heavy atom. The number of hydrogen-bond acceptors (Lipinski definition) is 3. The lowest BCUT2D eigenvalue weighted by atomic mass is 10.1. The van der Waals surface area contributed by atoms with Gasteiger partial charge in [0.1, 0.15) is 11.6 Å². The van der Waals surface area contributed by atoms with Crippen LogP contribution in [0.3, 0.4) is 0 Å². The molecule has 16 heavy (non-hydrogen) atoms. The molecule has 0 saturated heterocycles. The minimum absolute atomic E-state index is 0.0611. The predicted octanol–water partition coefficient (Wildman–Crippen LogP) is 3.34. The van der Waals surface area contributed by atoms with E-state index in [4.69, 9.17) is 5.11 Å². The molecule has 0 aliphatic heterocycles. The van der Waals surface area contributed by atoms with Crippen molar-refractivity contribution in [3.05, 3.63) is 38.6 Å². The highest BCUT2D eigenvalue weighted by molar-refractivity contribution is 9.11. The molecular formula is C10H6BrF2NOS. The molecule has 0 atom stereocenters. The van der Waals surface area contributed by atoms with Crippen LogP contribution in [0.4, 0.5) is 8.78 Å². The number of hydrogen-bond donors (Lipinski definition) is 1. The van der Waals surface area contributed by atoms with Crippen LogP contribution >= 0.6 is 27.3 Å². The molecule has 6 heteroatoms. The second-order valence-corrected chi connectivity index (χ2v) is 5.38. The van der Waals surface area contributed by atoms with Crippen LogP contribution in [0.5, 0.6) is 0 Å². The summed E-state index contributed by atoms with van der Waals surface area (Å²) in [6, 6.07) is 3.15. The highest BCUT2D eigenvalue weighted by Crippen LogP contribution is 2.32. The molecule has 0 aliphatic carbocycles. The van der Waals surface area contributed by atoms with Gasteiger partial charge < -0.3 is 5.11 Å². The molecule has 0 aliphatic rings. The largest absolute Gasteiger partial charge is 0.391 e. The molecule has 84 valence electrons. The molecular weight excluding hydrogens is 300 g/mol. The first-order valence-corrected chi connectivity index (χ1v) is 5.94. The van der Waals surface area contributed by atoms with E-state index in [-0.39, 0.29) is 17.9 Å². The standard InChI is InChI=1S/C10H6BrF2NOS/c11-10-14-9(8(4-15)16-10)6-3-5(12)1-2-7(6)13/h1-3,15H,4H2. The van der Waals surface area contributed by atoms with E-state index in [1.165, 1.54) is 11.3 Å². The molecule has 0 saturated carbocycles. The molecule has 2 aromatic rings. The summed E-state index contributed by atoms with van der Waals surface area (Å²) >= 11 is 4.33. The summed E-state index contributed by atoms with van der Waals surface area (Å²) in [7, 11) is 0. The van der Waals surface area contributed by atoms with Gasteiger partial charge in [-0.15, -0.1) is 11.3 Å². The van der Waals surface area contributed by atoms with Crippen molar-refractivity contribution < 1.29 is 13.9 Å². The van der Waals surface area contributed by atoms with Crippen molar-refractivity contribution in [1.29, 1.82) is 0 Å². The normalized spacial score (nSPS) is 10.8. The summed E-state index contributed by atoms with van der Waals surface area (Å²) in [6.45, 7) is -0.255. The van der Waals surface area contributed by atoms with Gasteiger partial charge in [0.15, 0.2) is 3.92 Å². The first kappa shape index (κ1) is 11.6. The van der Waals surface area contributed by atoms with E-state index in [0.29, 0.717) is 8.79 Å². The fraction of sp³-hybridized carbons (Fsp3) is 0.100. The van der Waals surface area contributed by atoms with Gasteiger partial charge in [-0.25, -0.2) is 13.8 Å². The van der Waals surface area contributed by atoms with Crippen LogP contribution in [-0.2, 0) is 6.61 Å². The van der Waals surface area contributed by atoms with Crippen molar-refractivity contribution in [2.45, 2.75) is 6.61 Å². The van der Waals surface area contributed by atoms with Crippen LogP contribution in [0.1, 0.15) is 4.88 Å². The topological polar surface area (TPSA) is 33.1 Å². The van der Waals surface area contributed by atoms with Gasteiger partial charge in [-0.3, -0.25) is 0 Å². The van der Waals surface area contributed by atoms with Crippen LogP contribution in [0.25, 0.3) is 11.3 Å². The molecule has 2 nitrogen and oxygen atoms in total. The van der Waals surface area contributed by atoms with E-state index in [0.717, 1.165) is 18.2 Å². The van der Waals surface area contributed by atoms with Crippen LogP contribution in [0.2, 0.25) is 0 Å². The van der Waals surface area contributed by atoms with Gasteiger partial charge in [0.2, 0.25) is 0 Å². The van der Waals surface area contributed by atoms with Gasteiger partial charge in [-0.1, -0.05) is 0 Å². The van der Waals surface area contributed by atoms with Gasteiger partial charge in [-0.2, -0.15) is 0 Å². The zero-order valence-electron chi connectivity index (χ0n) is 7.88. The summed E-state index contributed by atoms with van der Waals surface area (Å²) in [6.07, 6.45) is 0. The van der Waals surface area contributed by atoms with Crippen molar-refractivity contribution >= 4 is 27.3 Å². The van der Waals surface area contributed by atoms with E-state index in [2.05, 4.69) is 20.9 Å². The summed E-state index contributed by atoms with van der Waals surface area (Å²) < 4.78 is 27.0. The van der Waals surface area contributed by atoms with Crippen LogP contribution < -0.4 is 0 Å². The average Bonchev–Trinajstić information content (AvgIpc) is 2.63. The highest BCUT2D eigenvalue weighted by atomic mass is 79.9. The zero-order chi connectivity index (χ0) is 11.7. The predicted molar refractivity (Wildman–Crippen MR) is 61.1 cm³/mol. The highest BCUT2D eigenvalue weighted by Gasteiger charge is 2.15. The van der Waals surface area contributed by atoms with E-state index in [1.54, 1.807) is 0 Å². The Balaban J connectivity index is 2.61. The Hall–Kier alpha value is -0.850. The monoisotopic (exact) mass is 305 g/mol. The number of aliphatic hydroxyl groups is 1. The molecule has 0 radical (unpaired) electrons. The quantitative estimate of drug-likeness (QED) is 0.923. The van der Waals surface area contributed by atoms with E-state index >= 15 is 0 Å². The Labute approximate surface area is 103 Å². The van der Waals surface area contributed by atoms with Crippen LogP contribution in [-0.4, -0.2) is 10.1 Å². The first-order chi connectivity index (χ1) is 7.61. The van der Waals surface area contributed by atoms with E-state index < -0.39 is 11.6 Å². The third-order valence-electron chi connectivity index (χ3n) is 2.00. The third kappa shape index (κ3) is 2.14. The number of rotatable bonds is 2. The number of benzene rings is 1. The number of aromatic nitrogens is 1. The van der Waals surface area contributed by atoms with E-state index in [9.17, 15) is 8.78 Å². The molecule has 1 aromatic carbocycles. The van der Waals surface area contributed by atoms with Crippen molar-refractivity contribution in [3.63, 3.8) is 0 Å². The number of aliphatic hydroxyl groups excluding tert-OH is 1. The average molecular weight is 306 g/mol. The Morgan fingerprint density at radius 2 is 2.12 bits per heavy atom. The number of halogens is 3. The fourth-order valence-electron chi connectivity index (χ4n) is 1.32. The summed E-state index contributed by atoms with van der Waals surface area (Å²) in [5.74, 6) is -1.10. The minimum atomic E-state index is -0.561. The Kier molecular flexibility index (Phi) is 3.32. The second kappa shape index (κ2) is 4.57. The van der Waals surface area contributed by atoms with Gasteiger partial charge in [-0.05, 0) is 34.1 Å². The third-order valence-corrected chi connectivity index (χ3v) is 3.49. The smallest absolute Gasteiger partial charge is 0.160 e. The van der Waals surface area contributed by atoms with Gasteiger partial charge in [0, 0.05) is 5.56 Å². The zero-order valence-corrected chi connectivity index (χ0v) is 10.3. The summed E-state index contributed by atoms with van der Waals surface area (Å²) in [4.78, 5) is 4.52. The van der Waals surface area contributed by atoms with Crippen molar-refractivity contribution in [1.82, 2.24) is 4.98 Å². The number of thiazole rings is 1. The minimum Gasteiger partial charge on any atom is -0.391 e. The lowest BCUT2D eigenvalue weighted by Crippen LogP contribution is -1.90. The molecule has 1 aromatic heterocycles. The van der Waals surface area contributed by atoms with Gasteiger partial charge >= 0.3 is 0 Å². The van der Waals surface area contributed by atoms with Gasteiger partial charge in [0.05, 0.1) is 17.2 Å². The maximum atomic E-state index is 13.5. The number of nitrogens with zero attached hydrogens (tertiary/aromatic N) is 1. The second-order valence-electron chi connectivity index (χ2n) is 3.02. The lowest BCUT2D eigenvalue weighted by molar-refractivity contribution is 0.286. The molecule has 0 spiro atoms. The fourth-order valence-corrected chi connectivity index (χ4v) is 2.74. The van der Waals surface area contributed by atoms with Gasteiger partial charge in [0.25, 0.3) is 0 Å². The van der Waals surface area contributed by atoms with Crippen molar-refractivity contribution in [2.75, 3.05) is 0 Å². The molecule has 0 unspecified atom stereocenters. The lowest BCUT2D eigenvalue weighted by Gasteiger charge is -2.01. The molecule has 0 bridgehead atoms. The SMILES string of the molecule is OCc1sc(Br)nc1-c1cc(F)ccc1F. The molecule has 1 heterocycles. The Morgan fingerprint density at radius 1 is 1.38 bits per heavy atom. The Bertz CT molecular complexity index is 530. The maximum absolute atomic E-state index is 13.5. The van der Waals surface area contributed by atoms with Crippen molar-refractivity contribution in [2.24, 2.45) is 0 Å². The first-order valence-electron chi connectivity index (χ1n) is 4.33. The van der Waals surface area contributed by atoms with Crippen molar-refractivity contribution in [3.8, 4) is 11.3 Å². The maximum Gasteiger partial charge on any atom is 0.160 e. The molecule has 0 amide bonds. The summed E-state index contributed by atoms with van der Waals surface area (Å²) in [5, 5.41) is 9.09.